The van der Waals surface area contributed by atoms with Gasteiger partial charge in [0.05, 0.1) is 12.7 Å². The Hall–Kier alpha value is -2.42. The first-order valence-electron chi connectivity index (χ1n) is 10.9. The van der Waals surface area contributed by atoms with Gasteiger partial charge in [-0.15, -0.1) is 0 Å². The summed E-state index contributed by atoms with van der Waals surface area (Å²) >= 11 is 0. The van der Waals surface area contributed by atoms with E-state index < -0.39 is 11.9 Å². The Bertz CT molecular complexity index is 724. The molecule has 2 N–H and O–H groups in total. The summed E-state index contributed by atoms with van der Waals surface area (Å²) in [5, 5.41) is 15.6. The number of nitrogens with zero attached hydrogens (tertiary/aromatic N) is 2. The van der Waals surface area contributed by atoms with Crippen LogP contribution in [0.3, 0.4) is 0 Å². The zero-order valence-corrected chi connectivity index (χ0v) is 17.8. The summed E-state index contributed by atoms with van der Waals surface area (Å²) in [4.78, 5) is 24.1. The van der Waals surface area contributed by atoms with Gasteiger partial charge in [-0.25, -0.2) is 9.59 Å². The molecule has 31 heavy (non-hydrogen) atoms. The Morgan fingerprint density at radius 2 is 1.58 bits per heavy atom. The standard InChI is InChI=1S/C19H28N2O2.C4H4O4/c1-3-7-17(8-4-1)21-13-11-20(12-14-21)15-18-16-22-19(23-18)9-5-2-6-10-19;5-3(6)1-2-4(7)8/h1,3-4,7-8,18H,2,5-6,9-16H2;1-2H,(H,5,6)(H,7,8)/b;2-1-/t18-;/m1./s1. The number of benzene rings is 1. The highest BCUT2D eigenvalue weighted by atomic mass is 16.7. The molecule has 1 atom stereocenters. The number of para-hydroxylation sites is 1. The maximum atomic E-state index is 9.55. The van der Waals surface area contributed by atoms with Gasteiger partial charge in [-0.1, -0.05) is 24.6 Å². The summed E-state index contributed by atoms with van der Waals surface area (Å²) in [7, 11) is 0. The van der Waals surface area contributed by atoms with Crippen LogP contribution in [0.25, 0.3) is 0 Å². The Kier molecular flexibility index (Phi) is 8.45. The Morgan fingerprint density at radius 3 is 2.16 bits per heavy atom. The van der Waals surface area contributed by atoms with Crippen LogP contribution in [0.15, 0.2) is 42.5 Å². The molecule has 0 aromatic heterocycles. The molecule has 0 amide bonds. The van der Waals surface area contributed by atoms with Crippen LogP contribution >= 0.6 is 0 Å². The van der Waals surface area contributed by atoms with Crippen LogP contribution in [-0.4, -0.2) is 78.3 Å². The molecule has 1 saturated carbocycles. The van der Waals surface area contributed by atoms with E-state index in [-0.39, 0.29) is 11.9 Å². The van der Waals surface area contributed by atoms with Crippen molar-refractivity contribution in [3.63, 3.8) is 0 Å². The predicted molar refractivity (Wildman–Crippen MR) is 116 cm³/mol. The molecule has 3 fully saturated rings. The second-order valence-corrected chi connectivity index (χ2v) is 8.16. The second kappa shape index (κ2) is 11.3. The summed E-state index contributed by atoms with van der Waals surface area (Å²) in [6, 6.07) is 10.7. The molecular formula is C23H32N2O6. The van der Waals surface area contributed by atoms with Crippen LogP contribution in [-0.2, 0) is 19.1 Å². The van der Waals surface area contributed by atoms with E-state index in [1.165, 1.54) is 24.9 Å². The minimum atomic E-state index is -1.26. The molecule has 3 aliphatic rings. The summed E-state index contributed by atoms with van der Waals surface area (Å²) < 4.78 is 12.4. The van der Waals surface area contributed by atoms with Crippen molar-refractivity contribution in [2.75, 3.05) is 44.2 Å². The molecule has 170 valence electrons. The number of carboxylic acid groups (broad SMARTS) is 2. The fourth-order valence-electron chi connectivity index (χ4n) is 4.32. The number of hydrogen-bond acceptors (Lipinski definition) is 6. The number of hydrogen-bond donors (Lipinski definition) is 2. The van der Waals surface area contributed by atoms with E-state index in [0.29, 0.717) is 12.2 Å². The minimum absolute atomic E-state index is 0.227. The molecule has 0 bridgehead atoms. The van der Waals surface area contributed by atoms with E-state index in [0.717, 1.165) is 52.2 Å². The van der Waals surface area contributed by atoms with Crippen LogP contribution < -0.4 is 4.90 Å². The zero-order valence-electron chi connectivity index (χ0n) is 17.8. The Labute approximate surface area is 183 Å². The number of rotatable bonds is 5. The summed E-state index contributed by atoms with van der Waals surface area (Å²) in [5.41, 5.74) is 1.34. The zero-order chi connectivity index (χ0) is 22.1. The molecule has 8 nitrogen and oxygen atoms in total. The van der Waals surface area contributed by atoms with E-state index in [1.807, 2.05) is 0 Å². The predicted octanol–water partition coefficient (Wildman–Crippen LogP) is 2.60. The quantitative estimate of drug-likeness (QED) is 0.685. The van der Waals surface area contributed by atoms with Gasteiger partial charge >= 0.3 is 11.9 Å². The van der Waals surface area contributed by atoms with Gasteiger partial charge in [0.1, 0.15) is 0 Å². The molecule has 8 heteroatoms. The van der Waals surface area contributed by atoms with Crippen molar-refractivity contribution in [1.29, 1.82) is 0 Å². The fraction of sp³-hybridized carbons (Fsp3) is 0.565. The van der Waals surface area contributed by atoms with Crippen molar-refractivity contribution >= 4 is 17.6 Å². The van der Waals surface area contributed by atoms with Gasteiger partial charge in [-0.3, -0.25) is 4.90 Å². The highest BCUT2D eigenvalue weighted by Gasteiger charge is 2.42. The van der Waals surface area contributed by atoms with Crippen molar-refractivity contribution < 1.29 is 29.3 Å². The van der Waals surface area contributed by atoms with Gasteiger partial charge in [-0.05, 0) is 25.0 Å². The summed E-state index contributed by atoms with van der Waals surface area (Å²) in [6.45, 7) is 6.22. The molecular weight excluding hydrogens is 400 g/mol. The van der Waals surface area contributed by atoms with Gasteiger partial charge in [0.25, 0.3) is 0 Å². The van der Waals surface area contributed by atoms with E-state index in [4.69, 9.17) is 19.7 Å². The van der Waals surface area contributed by atoms with Crippen molar-refractivity contribution in [1.82, 2.24) is 4.90 Å². The molecule has 2 aliphatic heterocycles. The third-order valence-electron chi connectivity index (χ3n) is 5.85. The summed E-state index contributed by atoms with van der Waals surface area (Å²) in [6.07, 6.45) is 7.39. The molecule has 0 radical (unpaired) electrons. The van der Waals surface area contributed by atoms with Crippen LogP contribution in [0.2, 0.25) is 0 Å². The van der Waals surface area contributed by atoms with Crippen molar-refractivity contribution in [3.8, 4) is 0 Å². The Balaban J connectivity index is 0.000000293. The smallest absolute Gasteiger partial charge is 0.328 e. The van der Waals surface area contributed by atoms with Gasteiger partial charge in [0.2, 0.25) is 0 Å². The number of carbonyl (C=O) groups is 2. The number of piperazine rings is 1. The van der Waals surface area contributed by atoms with Crippen LogP contribution in [0, 0.1) is 0 Å². The van der Waals surface area contributed by atoms with Gasteiger partial charge < -0.3 is 24.6 Å². The molecule has 4 rings (SSSR count). The molecule has 1 aromatic carbocycles. The summed E-state index contributed by atoms with van der Waals surface area (Å²) in [5.74, 6) is -2.74. The topological polar surface area (TPSA) is 99.5 Å². The van der Waals surface area contributed by atoms with Crippen molar-refractivity contribution in [3.05, 3.63) is 42.5 Å². The molecule has 2 heterocycles. The monoisotopic (exact) mass is 432 g/mol. The van der Waals surface area contributed by atoms with E-state index in [9.17, 15) is 9.59 Å². The van der Waals surface area contributed by atoms with Gasteiger partial charge in [0.15, 0.2) is 5.79 Å². The van der Waals surface area contributed by atoms with E-state index in [1.54, 1.807) is 0 Å². The molecule has 1 aliphatic carbocycles. The first-order valence-corrected chi connectivity index (χ1v) is 10.9. The molecule has 1 aromatic rings. The number of ether oxygens (including phenoxy) is 2. The van der Waals surface area contributed by atoms with Crippen LogP contribution in [0.4, 0.5) is 5.69 Å². The second-order valence-electron chi connectivity index (χ2n) is 8.16. The largest absolute Gasteiger partial charge is 0.478 e. The number of carboxylic acids is 2. The van der Waals surface area contributed by atoms with Gasteiger partial charge in [0, 0.05) is 63.4 Å². The van der Waals surface area contributed by atoms with E-state index >= 15 is 0 Å². The maximum Gasteiger partial charge on any atom is 0.328 e. The third-order valence-corrected chi connectivity index (χ3v) is 5.85. The van der Waals surface area contributed by atoms with Crippen molar-refractivity contribution in [2.24, 2.45) is 0 Å². The number of anilines is 1. The lowest BCUT2D eigenvalue weighted by Gasteiger charge is -2.37. The Morgan fingerprint density at radius 1 is 0.968 bits per heavy atom. The minimum Gasteiger partial charge on any atom is -0.478 e. The lowest BCUT2D eigenvalue weighted by atomic mass is 9.94. The normalized spacial score (nSPS) is 23.5. The number of aliphatic carboxylic acids is 2. The highest BCUT2D eigenvalue weighted by Crippen LogP contribution is 2.37. The van der Waals surface area contributed by atoms with E-state index in [2.05, 4.69) is 40.1 Å². The molecule has 1 spiro atoms. The molecule has 0 unspecified atom stereocenters. The fourth-order valence-corrected chi connectivity index (χ4v) is 4.32. The molecule has 2 saturated heterocycles. The van der Waals surface area contributed by atoms with Crippen LogP contribution in [0.1, 0.15) is 32.1 Å². The lowest BCUT2D eigenvalue weighted by molar-refractivity contribution is -0.188. The highest BCUT2D eigenvalue weighted by molar-refractivity contribution is 5.89. The SMILES string of the molecule is O=C(O)/C=C\C(=O)O.c1ccc(N2CCN(C[C@@H]3COC4(CCCCC4)O3)CC2)cc1. The van der Waals surface area contributed by atoms with Gasteiger partial charge in [-0.2, -0.15) is 0 Å². The first-order chi connectivity index (χ1) is 15.0. The van der Waals surface area contributed by atoms with Crippen LogP contribution in [0.5, 0.6) is 0 Å². The lowest BCUT2D eigenvalue weighted by Crippen LogP contribution is -2.49. The third kappa shape index (κ3) is 7.34. The average molecular weight is 433 g/mol. The van der Waals surface area contributed by atoms with Crippen molar-refractivity contribution in [2.45, 2.75) is 44.0 Å². The average Bonchev–Trinajstić information content (AvgIpc) is 3.16. The first kappa shape index (κ1) is 23.2. The maximum absolute atomic E-state index is 9.55.